The third-order valence-electron chi connectivity index (χ3n) is 5.24. The minimum absolute atomic E-state index is 0.0287. The van der Waals surface area contributed by atoms with Gasteiger partial charge in [0.05, 0.1) is 31.0 Å². The van der Waals surface area contributed by atoms with Crippen molar-refractivity contribution in [1.29, 1.82) is 0 Å². The van der Waals surface area contributed by atoms with Crippen molar-refractivity contribution in [1.82, 2.24) is 4.98 Å². The minimum atomic E-state index is -0.388. The van der Waals surface area contributed by atoms with Crippen LogP contribution >= 0.6 is 11.8 Å². The fraction of sp³-hybridized carbons (Fsp3) is 0.381. The van der Waals surface area contributed by atoms with E-state index in [1.54, 1.807) is 28.9 Å². The number of thioether (sulfide) groups is 1. The van der Waals surface area contributed by atoms with Crippen LogP contribution in [0.25, 0.3) is 0 Å². The molecule has 7 nitrogen and oxygen atoms in total. The first-order valence-corrected chi connectivity index (χ1v) is 10.9. The molecule has 1 atom stereocenters. The van der Waals surface area contributed by atoms with Gasteiger partial charge in [0.15, 0.2) is 0 Å². The smallest absolute Gasteiger partial charge is 0.230 e. The van der Waals surface area contributed by atoms with Crippen LogP contribution < -0.4 is 15.1 Å². The Hall–Kier alpha value is -2.58. The molecule has 1 aromatic carbocycles. The SMILES string of the molecule is CSc1cccc(N2C[C@H](C(=O)Nc3ccc(N4CCOCC4)cn3)CC2=O)c1. The van der Waals surface area contributed by atoms with Gasteiger partial charge in [0, 0.05) is 36.6 Å². The van der Waals surface area contributed by atoms with Crippen LogP contribution in [-0.4, -0.2) is 55.9 Å². The number of ether oxygens (including phenoxy) is 1. The van der Waals surface area contributed by atoms with E-state index in [1.807, 2.05) is 36.6 Å². The molecule has 2 fully saturated rings. The number of carbonyl (C=O) groups excluding carboxylic acids is 2. The number of nitrogens with zero attached hydrogens (tertiary/aromatic N) is 3. The van der Waals surface area contributed by atoms with Gasteiger partial charge in [-0.2, -0.15) is 0 Å². The molecular formula is C21H24N4O3S. The standard InChI is InChI=1S/C21H24N4O3S/c1-29-18-4-2-3-16(12-18)25-14-15(11-20(25)26)21(27)23-19-6-5-17(13-22-19)24-7-9-28-10-8-24/h2-6,12-13,15H,7-11,14H2,1H3,(H,22,23,27)/t15-/m1/s1. The van der Waals surface area contributed by atoms with E-state index in [9.17, 15) is 9.59 Å². The second kappa shape index (κ2) is 8.84. The van der Waals surface area contributed by atoms with Crippen LogP contribution in [-0.2, 0) is 14.3 Å². The van der Waals surface area contributed by atoms with Crippen molar-refractivity contribution in [2.45, 2.75) is 11.3 Å². The number of anilines is 3. The van der Waals surface area contributed by atoms with Crippen LogP contribution in [0.4, 0.5) is 17.2 Å². The van der Waals surface area contributed by atoms with Crippen LogP contribution in [0.5, 0.6) is 0 Å². The highest BCUT2D eigenvalue weighted by atomic mass is 32.2. The lowest BCUT2D eigenvalue weighted by atomic mass is 10.1. The number of amides is 2. The molecule has 152 valence electrons. The molecule has 29 heavy (non-hydrogen) atoms. The lowest BCUT2D eigenvalue weighted by molar-refractivity contribution is -0.122. The molecule has 1 N–H and O–H groups in total. The number of aromatic nitrogens is 1. The predicted octanol–water partition coefficient (Wildman–Crippen LogP) is 2.63. The summed E-state index contributed by atoms with van der Waals surface area (Å²) in [5.74, 6) is -0.0871. The van der Waals surface area contributed by atoms with Gasteiger partial charge in [-0.15, -0.1) is 11.8 Å². The molecule has 8 heteroatoms. The van der Waals surface area contributed by atoms with E-state index in [1.165, 1.54) is 0 Å². The summed E-state index contributed by atoms with van der Waals surface area (Å²) in [5.41, 5.74) is 1.85. The molecule has 0 unspecified atom stereocenters. The Bertz CT molecular complexity index is 884. The summed E-state index contributed by atoms with van der Waals surface area (Å²) in [5, 5.41) is 2.85. The quantitative estimate of drug-likeness (QED) is 0.761. The molecule has 3 heterocycles. The Morgan fingerprint density at radius 1 is 1.21 bits per heavy atom. The third-order valence-corrected chi connectivity index (χ3v) is 5.96. The summed E-state index contributed by atoms with van der Waals surface area (Å²) in [6.45, 7) is 3.49. The monoisotopic (exact) mass is 412 g/mol. The van der Waals surface area contributed by atoms with Crippen LogP contribution in [0.15, 0.2) is 47.5 Å². The van der Waals surface area contributed by atoms with E-state index >= 15 is 0 Å². The van der Waals surface area contributed by atoms with Crippen molar-refractivity contribution in [3.63, 3.8) is 0 Å². The van der Waals surface area contributed by atoms with Crippen LogP contribution in [0.1, 0.15) is 6.42 Å². The normalized spacial score (nSPS) is 19.5. The number of pyridine rings is 1. The van der Waals surface area contributed by atoms with Crippen molar-refractivity contribution in [2.75, 3.05) is 54.2 Å². The van der Waals surface area contributed by atoms with Gasteiger partial charge in [0.2, 0.25) is 11.8 Å². The highest BCUT2D eigenvalue weighted by Crippen LogP contribution is 2.29. The minimum Gasteiger partial charge on any atom is -0.378 e. The van der Waals surface area contributed by atoms with E-state index in [0.717, 1.165) is 29.4 Å². The second-order valence-corrected chi connectivity index (χ2v) is 7.98. The summed E-state index contributed by atoms with van der Waals surface area (Å²) in [6, 6.07) is 11.6. The molecular weight excluding hydrogens is 388 g/mol. The van der Waals surface area contributed by atoms with Crippen molar-refractivity contribution in [2.24, 2.45) is 5.92 Å². The second-order valence-electron chi connectivity index (χ2n) is 7.10. The van der Waals surface area contributed by atoms with Crippen LogP contribution in [0.2, 0.25) is 0 Å². The molecule has 2 aromatic rings. The van der Waals surface area contributed by atoms with Gasteiger partial charge < -0.3 is 19.9 Å². The molecule has 2 aliphatic heterocycles. The van der Waals surface area contributed by atoms with Crippen molar-refractivity contribution in [3.8, 4) is 0 Å². The summed E-state index contributed by atoms with van der Waals surface area (Å²) in [6.07, 6.45) is 3.97. The maximum atomic E-state index is 12.7. The first-order chi connectivity index (χ1) is 14.1. The van der Waals surface area contributed by atoms with E-state index < -0.39 is 0 Å². The first kappa shape index (κ1) is 19.7. The van der Waals surface area contributed by atoms with Crippen LogP contribution in [0, 0.1) is 5.92 Å². The maximum absolute atomic E-state index is 12.7. The number of nitrogens with one attached hydrogen (secondary N) is 1. The zero-order valence-corrected chi connectivity index (χ0v) is 17.2. The zero-order valence-electron chi connectivity index (χ0n) is 16.3. The molecule has 1 aromatic heterocycles. The van der Waals surface area contributed by atoms with E-state index in [2.05, 4.69) is 15.2 Å². The summed E-state index contributed by atoms with van der Waals surface area (Å²) in [7, 11) is 0. The maximum Gasteiger partial charge on any atom is 0.230 e. The lowest BCUT2D eigenvalue weighted by Gasteiger charge is -2.28. The summed E-state index contributed by atoms with van der Waals surface area (Å²) < 4.78 is 5.36. The number of carbonyl (C=O) groups is 2. The third kappa shape index (κ3) is 4.54. The number of rotatable bonds is 5. The Kier molecular flexibility index (Phi) is 6.01. The number of hydrogen-bond acceptors (Lipinski definition) is 6. The molecule has 2 amide bonds. The van der Waals surface area contributed by atoms with Gasteiger partial charge in [-0.25, -0.2) is 4.98 Å². The topological polar surface area (TPSA) is 74.8 Å². The molecule has 0 aliphatic carbocycles. The van der Waals surface area contributed by atoms with Gasteiger partial charge in [-0.05, 0) is 36.6 Å². The van der Waals surface area contributed by atoms with Crippen molar-refractivity contribution in [3.05, 3.63) is 42.6 Å². The molecule has 2 saturated heterocycles. The highest BCUT2D eigenvalue weighted by Gasteiger charge is 2.35. The first-order valence-electron chi connectivity index (χ1n) is 9.68. The van der Waals surface area contributed by atoms with Gasteiger partial charge in [-0.3, -0.25) is 9.59 Å². The van der Waals surface area contributed by atoms with Crippen molar-refractivity contribution < 1.29 is 14.3 Å². The fourth-order valence-electron chi connectivity index (χ4n) is 3.61. The fourth-order valence-corrected chi connectivity index (χ4v) is 4.06. The van der Waals surface area contributed by atoms with Gasteiger partial charge in [0.1, 0.15) is 5.82 Å². The molecule has 0 spiro atoms. The van der Waals surface area contributed by atoms with Gasteiger partial charge in [0.25, 0.3) is 0 Å². The molecule has 4 rings (SSSR count). The summed E-state index contributed by atoms with van der Waals surface area (Å²) in [4.78, 5) is 34.5. The predicted molar refractivity (Wildman–Crippen MR) is 115 cm³/mol. The lowest BCUT2D eigenvalue weighted by Crippen LogP contribution is -2.36. The van der Waals surface area contributed by atoms with Crippen LogP contribution in [0.3, 0.4) is 0 Å². The average Bonchev–Trinajstić information content (AvgIpc) is 3.17. The average molecular weight is 413 g/mol. The summed E-state index contributed by atoms with van der Waals surface area (Å²) >= 11 is 1.63. The number of morpholine rings is 1. The van der Waals surface area contributed by atoms with Gasteiger partial charge in [-0.1, -0.05) is 6.07 Å². The highest BCUT2D eigenvalue weighted by molar-refractivity contribution is 7.98. The number of hydrogen-bond donors (Lipinski definition) is 1. The Morgan fingerprint density at radius 3 is 2.76 bits per heavy atom. The van der Waals surface area contributed by atoms with E-state index in [4.69, 9.17) is 4.74 Å². The van der Waals surface area contributed by atoms with E-state index in [0.29, 0.717) is 25.6 Å². The van der Waals surface area contributed by atoms with E-state index in [-0.39, 0.29) is 24.2 Å². The number of benzene rings is 1. The van der Waals surface area contributed by atoms with Crippen molar-refractivity contribution >= 4 is 40.8 Å². The Labute approximate surface area is 174 Å². The largest absolute Gasteiger partial charge is 0.378 e. The molecule has 2 aliphatic rings. The molecule has 0 saturated carbocycles. The van der Waals surface area contributed by atoms with Gasteiger partial charge >= 0.3 is 0 Å². The zero-order chi connectivity index (χ0) is 20.2. The Balaban J connectivity index is 1.38. The molecule has 0 radical (unpaired) electrons. The molecule has 0 bridgehead atoms. The Morgan fingerprint density at radius 2 is 2.03 bits per heavy atom.